The van der Waals surface area contributed by atoms with E-state index in [1.54, 1.807) is 18.2 Å². The van der Waals surface area contributed by atoms with Crippen molar-refractivity contribution in [1.82, 2.24) is 5.32 Å². The quantitative estimate of drug-likeness (QED) is 0.463. The summed E-state index contributed by atoms with van der Waals surface area (Å²) in [6.07, 6.45) is 0. The number of nitro benzene ring substituents is 1. The first-order valence-corrected chi connectivity index (χ1v) is 7.51. The lowest BCUT2D eigenvalue weighted by Crippen LogP contribution is -2.28. The molecule has 0 aliphatic rings. The summed E-state index contributed by atoms with van der Waals surface area (Å²) in [4.78, 5) is 24.2. The summed E-state index contributed by atoms with van der Waals surface area (Å²) in [6.45, 7) is 0.971. The van der Waals surface area contributed by atoms with Crippen molar-refractivity contribution in [3.05, 3.63) is 64.2 Å². The van der Waals surface area contributed by atoms with Crippen molar-refractivity contribution in [2.24, 2.45) is 0 Å². The van der Waals surface area contributed by atoms with Crippen LogP contribution in [0.25, 0.3) is 0 Å². The number of carbonyl (C=O) groups excluding carboxylic acids is 1. The molecule has 0 aliphatic heterocycles. The largest absolute Gasteiger partial charge is 0.383 e. The smallest absolute Gasteiger partial charge is 0.269 e. The minimum atomic E-state index is -0.439. The molecule has 7 heteroatoms. The summed E-state index contributed by atoms with van der Waals surface area (Å²) in [5, 5.41) is 16.5. The van der Waals surface area contributed by atoms with Gasteiger partial charge in [0.2, 0.25) is 0 Å². The zero-order chi connectivity index (χ0) is 17.5. The maximum atomic E-state index is 12.1. The van der Waals surface area contributed by atoms with Crippen LogP contribution in [0.1, 0.15) is 10.4 Å². The van der Waals surface area contributed by atoms with Gasteiger partial charge in [-0.25, -0.2) is 0 Å². The molecule has 7 nitrogen and oxygen atoms in total. The molecule has 0 heterocycles. The van der Waals surface area contributed by atoms with E-state index in [2.05, 4.69) is 10.6 Å². The van der Waals surface area contributed by atoms with E-state index in [0.29, 0.717) is 18.7 Å². The second-order valence-electron chi connectivity index (χ2n) is 5.43. The Hall–Kier alpha value is -3.09. The number of hydrogen-bond donors (Lipinski definition) is 2. The minimum absolute atomic E-state index is 0.0506. The molecule has 126 valence electrons. The van der Waals surface area contributed by atoms with E-state index < -0.39 is 4.92 Å². The summed E-state index contributed by atoms with van der Waals surface area (Å²) in [5.41, 5.74) is 2.39. The molecule has 0 saturated heterocycles. The molecule has 2 rings (SSSR count). The van der Waals surface area contributed by atoms with E-state index in [0.717, 1.165) is 11.4 Å². The zero-order valence-corrected chi connectivity index (χ0v) is 13.7. The van der Waals surface area contributed by atoms with E-state index in [-0.39, 0.29) is 11.6 Å². The third-order valence-electron chi connectivity index (χ3n) is 3.44. The Balaban J connectivity index is 1.80. The van der Waals surface area contributed by atoms with Crippen molar-refractivity contribution in [2.75, 3.05) is 37.4 Å². The molecule has 0 saturated carbocycles. The van der Waals surface area contributed by atoms with E-state index in [9.17, 15) is 14.9 Å². The first-order chi connectivity index (χ1) is 11.5. The highest BCUT2D eigenvalue weighted by Crippen LogP contribution is 2.15. The van der Waals surface area contributed by atoms with Crippen LogP contribution in [0.2, 0.25) is 0 Å². The number of carbonyl (C=O) groups is 1. The summed E-state index contributed by atoms with van der Waals surface area (Å²) < 4.78 is 0. The Labute approximate surface area is 140 Å². The van der Waals surface area contributed by atoms with Gasteiger partial charge in [0.15, 0.2) is 0 Å². The fourth-order valence-electron chi connectivity index (χ4n) is 2.11. The molecule has 0 spiro atoms. The van der Waals surface area contributed by atoms with Crippen LogP contribution in [-0.2, 0) is 0 Å². The van der Waals surface area contributed by atoms with Crippen LogP contribution < -0.4 is 15.5 Å². The summed E-state index contributed by atoms with van der Waals surface area (Å²) in [6, 6.07) is 13.5. The molecular formula is C17H20N4O3. The third kappa shape index (κ3) is 4.70. The maximum Gasteiger partial charge on any atom is 0.269 e. The Bertz CT molecular complexity index is 714. The van der Waals surface area contributed by atoms with Crippen LogP contribution in [0, 0.1) is 10.1 Å². The van der Waals surface area contributed by atoms with Crippen molar-refractivity contribution in [3.63, 3.8) is 0 Å². The number of rotatable bonds is 7. The number of nitro groups is 1. The first kappa shape index (κ1) is 17.3. The van der Waals surface area contributed by atoms with Crippen LogP contribution in [-0.4, -0.2) is 38.0 Å². The molecule has 0 fully saturated rings. The topological polar surface area (TPSA) is 87.5 Å². The van der Waals surface area contributed by atoms with Crippen molar-refractivity contribution in [3.8, 4) is 0 Å². The number of hydrogen-bond acceptors (Lipinski definition) is 5. The van der Waals surface area contributed by atoms with Crippen LogP contribution in [0.3, 0.4) is 0 Å². The van der Waals surface area contributed by atoms with Gasteiger partial charge in [0.25, 0.3) is 11.6 Å². The van der Waals surface area contributed by atoms with Gasteiger partial charge in [0.05, 0.1) is 4.92 Å². The van der Waals surface area contributed by atoms with Crippen LogP contribution in [0.4, 0.5) is 17.1 Å². The van der Waals surface area contributed by atoms with Crippen LogP contribution in [0.5, 0.6) is 0 Å². The van der Waals surface area contributed by atoms with E-state index in [1.807, 2.05) is 37.2 Å². The van der Waals surface area contributed by atoms with Crippen molar-refractivity contribution in [2.45, 2.75) is 0 Å². The first-order valence-electron chi connectivity index (χ1n) is 7.51. The number of nitrogens with one attached hydrogen (secondary N) is 2. The molecule has 1 amide bonds. The second kappa shape index (κ2) is 7.96. The van der Waals surface area contributed by atoms with Gasteiger partial charge >= 0.3 is 0 Å². The number of nitrogens with zero attached hydrogens (tertiary/aromatic N) is 2. The van der Waals surface area contributed by atoms with Gasteiger partial charge in [-0.3, -0.25) is 14.9 Å². The lowest BCUT2D eigenvalue weighted by Gasteiger charge is -2.13. The molecule has 0 unspecified atom stereocenters. The Kier molecular flexibility index (Phi) is 5.73. The predicted octanol–water partition coefficient (Wildman–Crippen LogP) is 2.50. The summed E-state index contributed by atoms with van der Waals surface area (Å²) in [7, 11) is 3.84. The lowest BCUT2D eigenvalue weighted by atomic mass is 10.2. The Morgan fingerprint density at radius 1 is 1.12 bits per heavy atom. The van der Waals surface area contributed by atoms with E-state index in [4.69, 9.17) is 0 Å². The highest BCUT2D eigenvalue weighted by molar-refractivity contribution is 5.95. The van der Waals surface area contributed by atoms with Gasteiger partial charge in [-0.15, -0.1) is 0 Å². The van der Waals surface area contributed by atoms with Crippen molar-refractivity contribution >= 4 is 23.0 Å². The maximum absolute atomic E-state index is 12.1. The Morgan fingerprint density at radius 2 is 1.83 bits per heavy atom. The SMILES string of the molecule is CN(C)c1cccc(C(=O)NCCNc2ccc([N+](=O)[O-])cc2)c1. The van der Waals surface area contributed by atoms with Gasteiger partial charge in [0, 0.05) is 56.3 Å². The number of amides is 1. The molecule has 0 radical (unpaired) electrons. The predicted molar refractivity (Wildman–Crippen MR) is 94.7 cm³/mol. The molecule has 2 aromatic carbocycles. The molecular weight excluding hydrogens is 308 g/mol. The fourth-order valence-corrected chi connectivity index (χ4v) is 2.11. The van der Waals surface area contributed by atoms with Gasteiger partial charge in [-0.05, 0) is 30.3 Å². The summed E-state index contributed by atoms with van der Waals surface area (Å²) >= 11 is 0. The average molecular weight is 328 g/mol. The standard InChI is InChI=1S/C17H20N4O3/c1-20(2)16-5-3-4-13(12-16)17(22)19-11-10-18-14-6-8-15(9-7-14)21(23)24/h3-9,12,18H,10-11H2,1-2H3,(H,19,22). The van der Waals surface area contributed by atoms with Gasteiger partial charge in [-0.2, -0.15) is 0 Å². The zero-order valence-electron chi connectivity index (χ0n) is 13.7. The molecule has 0 atom stereocenters. The molecule has 2 N–H and O–H groups in total. The second-order valence-corrected chi connectivity index (χ2v) is 5.43. The average Bonchev–Trinajstić information content (AvgIpc) is 2.59. The van der Waals surface area contributed by atoms with Gasteiger partial charge < -0.3 is 15.5 Å². The molecule has 0 bridgehead atoms. The van der Waals surface area contributed by atoms with Crippen molar-refractivity contribution < 1.29 is 9.72 Å². The van der Waals surface area contributed by atoms with Crippen LogP contribution in [0.15, 0.2) is 48.5 Å². The van der Waals surface area contributed by atoms with Gasteiger partial charge in [-0.1, -0.05) is 6.07 Å². The molecule has 0 aliphatic carbocycles. The van der Waals surface area contributed by atoms with E-state index in [1.165, 1.54) is 12.1 Å². The number of benzene rings is 2. The highest BCUT2D eigenvalue weighted by atomic mass is 16.6. The number of non-ortho nitro benzene ring substituents is 1. The highest BCUT2D eigenvalue weighted by Gasteiger charge is 2.07. The van der Waals surface area contributed by atoms with Crippen LogP contribution >= 0.6 is 0 Å². The fraction of sp³-hybridized carbons (Fsp3) is 0.235. The summed E-state index contributed by atoms with van der Waals surface area (Å²) in [5.74, 6) is -0.135. The normalized spacial score (nSPS) is 10.1. The minimum Gasteiger partial charge on any atom is -0.383 e. The monoisotopic (exact) mass is 328 g/mol. The molecule has 2 aromatic rings. The van der Waals surface area contributed by atoms with Crippen molar-refractivity contribution in [1.29, 1.82) is 0 Å². The van der Waals surface area contributed by atoms with E-state index >= 15 is 0 Å². The molecule has 0 aromatic heterocycles. The molecule has 24 heavy (non-hydrogen) atoms. The Morgan fingerprint density at radius 3 is 2.46 bits per heavy atom. The number of anilines is 2. The lowest BCUT2D eigenvalue weighted by molar-refractivity contribution is -0.384. The van der Waals surface area contributed by atoms with Gasteiger partial charge in [0.1, 0.15) is 0 Å². The third-order valence-corrected chi connectivity index (χ3v) is 3.44.